The summed E-state index contributed by atoms with van der Waals surface area (Å²) >= 11 is 0. The van der Waals surface area contributed by atoms with Crippen LogP contribution in [0.5, 0.6) is 0 Å². The van der Waals surface area contributed by atoms with Crippen LogP contribution < -0.4 is 5.32 Å². The molecular formula is C18H27N3. The van der Waals surface area contributed by atoms with Crippen LogP contribution in [0.4, 0.5) is 0 Å². The van der Waals surface area contributed by atoms with Gasteiger partial charge < -0.3 is 5.32 Å². The van der Waals surface area contributed by atoms with Gasteiger partial charge in [-0.05, 0) is 24.8 Å². The largest absolute Gasteiger partial charge is 0.310 e. The molecule has 1 unspecified atom stereocenters. The molecule has 1 aromatic carbocycles. The van der Waals surface area contributed by atoms with E-state index in [1.807, 2.05) is 12.3 Å². The molecule has 0 aliphatic carbocycles. The normalized spacial score (nSPS) is 12.8. The fourth-order valence-electron chi connectivity index (χ4n) is 2.52. The molecule has 2 rings (SSSR count). The van der Waals surface area contributed by atoms with Crippen molar-refractivity contribution in [3.05, 3.63) is 42.1 Å². The lowest BCUT2D eigenvalue weighted by molar-refractivity contribution is 0.457. The van der Waals surface area contributed by atoms with Gasteiger partial charge >= 0.3 is 0 Å². The van der Waals surface area contributed by atoms with Crippen molar-refractivity contribution in [2.24, 2.45) is 5.92 Å². The van der Waals surface area contributed by atoms with Crippen LogP contribution in [0.2, 0.25) is 0 Å². The first-order chi connectivity index (χ1) is 10.2. The first-order valence-electron chi connectivity index (χ1n) is 7.98. The molecule has 0 fully saturated rings. The average Bonchev–Trinajstić information content (AvgIpc) is 2.94. The van der Waals surface area contributed by atoms with Crippen LogP contribution in [0.15, 0.2) is 36.5 Å². The number of hydrogen-bond donors (Lipinski definition) is 2. The first kappa shape index (κ1) is 15.8. The summed E-state index contributed by atoms with van der Waals surface area (Å²) in [6.07, 6.45) is 5.77. The molecule has 3 nitrogen and oxygen atoms in total. The van der Waals surface area contributed by atoms with E-state index < -0.39 is 0 Å². The predicted octanol–water partition coefficient (Wildman–Crippen LogP) is 4.38. The Hall–Kier alpha value is -1.61. The maximum atomic E-state index is 4.20. The second-order valence-electron chi connectivity index (χ2n) is 6.24. The van der Waals surface area contributed by atoms with Crippen LogP contribution in [-0.4, -0.2) is 16.2 Å². The van der Waals surface area contributed by atoms with Crippen molar-refractivity contribution in [1.82, 2.24) is 15.5 Å². The van der Waals surface area contributed by atoms with E-state index in [1.54, 1.807) is 0 Å². The lowest BCUT2D eigenvalue weighted by Gasteiger charge is -2.14. The van der Waals surface area contributed by atoms with Gasteiger partial charge in [-0.25, -0.2) is 0 Å². The number of nitrogens with one attached hydrogen (secondary N) is 2. The minimum Gasteiger partial charge on any atom is -0.310 e. The highest BCUT2D eigenvalue weighted by Gasteiger charge is 2.09. The van der Waals surface area contributed by atoms with Crippen LogP contribution >= 0.6 is 0 Å². The maximum absolute atomic E-state index is 4.20. The standard InChI is InChI=1S/C18H27N3/c1-14(2)8-7-9-15(3)19-12-17-13-20-21-18(17)16-10-5-4-6-11-16/h4-6,10-11,13-15,19H,7-9,12H2,1-3H3,(H,20,21). The molecule has 2 aromatic rings. The summed E-state index contributed by atoms with van der Waals surface area (Å²) in [4.78, 5) is 0. The average molecular weight is 285 g/mol. The topological polar surface area (TPSA) is 40.7 Å². The Balaban J connectivity index is 1.86. The van der Waals surface area contributed by atoms with Gasteiger partial charge in [0.2, 0.25) is 0 Å². The third kappa shape index (κ3) is 5.01. The van der Waals surface area contributed by atoms with Crippen molar-refractivity contribution < 1.29 is 0 Å². The zero-order valence-electron chi connectivity index (χ0n) is 13.4. The van der Waals surface area contributed by atoms with Crippen LogP contribution in [0.3, 0.4) is 0 Å². The van der Waals surface area contributed by atoms with E-state index in [-0.39, 0.29) is 0 Å². The van der Waals surface area contributed by atoms with E-state index >= 15 is 0 Å². The Morgan fingerprint density at radius 1 is 1.10 bits per heavy atom. The molecule has 0 amide bonds. The van der Waals surface area contributed by atoms with Crippen molar-refractivity contribution in [3.8, 4) is 11.3 Å². The highest BCUT2D eigenvalue weighted by molar-refractivity contribution is 5.62. The monoisotopic (exact) mass is 285 g/mol. The molecule has 0 aliphatic rings. The third-order valence-electron chi connectivity index (χ3n) is 3.84. The minimum absolute atomic E-state index is 0.544. The molecule has 0 aliphatic heterocycles. The van der Waals surface area contributed by atoms with Crippen LogP contribution in [-0.2, 0) is 6.54 Å². The van der Waals surface area contributed by atoms with Gasteiger partial charge in [0.15, 0.2) is 0 Å². The Labute approximate surface area is 128 Å². The summed E-state index contributed by atoms with van der Waals surface area (Å²) < 4.78 is 0. The molecule has 1 atom stereocenters. The molecule has 0 saturated heterocycles. The van der Waals surface area contributed by atoms with Crippen LogP contribution in [0, 0.1) is 5.92 Å². The molecule has 1 heterocycles. The molecule has 0 saturated carbocycles. The lowest BCUT2D eigenvalue weighted by Crippen LogP contribution is -2.25. The van der Waals surface area contributed by atoms with E-state index in [0.29, 0.717) is 6.04 Å². The molecule has 21 heavy (non-hydrogen) atoms. The van der Waals surface area contributed by atoms with E-state index in [4.69, 9.17) is 0 Å². The van der Waals surface area contributed by atoms with E-state index in [0.717, 1.165) is 18.2 Å². The number of H-pyrrole nitrogens is 1. The molecule has 0 radical (unpaired) electrons. The van der Waals surface area contributed by atoms with E-state index in [2.05, 4.69) is 60.6 Å². The SMILES string of the molecule is CC(C)CCCC(C)NCc1cn[nH]c1-c1ccccc1. The van der Waals surface area contributed by atoms with Gasteiger partial charge in [0.25, 0.3) is 0 Å². The van der Waals surface area contributed by atoms with Gasteiger partial charge in [-0.2, -0.15) is 5.10 Å². The molecule has 2 N–H and O–H groups in total. The molecule has 114 valence electrons. The number of aromatic amines is 1. The molecule has 0 spiro atoms. The van der Waals surface area contributed by atoms with Gasteiger partial charge in [0, 0.05) is 18.2 Å². The Bertz CT molecular complexity index is 516. The Kier molecular flexibility index (Phi) is 6.00. The quantitative estimate of drug-likeness (QED) is 0.755. The molecule has 0 bridgehead atoms. The van der Waals surface area contributed by atoms with Crippen molar-refractivity contribution in [1.29, 1.82) is 0 Å². The number of benzene rings is 1. The summed E-state index contributed by atoms with van der Waals surface area (Å²) in [5.41, 5.74) is 3.55. The second-order valence-corrected chi connectivity index (χ2v) is 6.24. The van der Waals surface area contributed by atoms with Gasteiger partial charge in [-0.15, -0.1) is 0 Å². The Morgan fingerprint density at radius 2 is 1.86 bits per heavy atom. The molecular weight excluding hydrogens is 258 g/mol. The number of hydrogen-bond acceptors (Lipinski definition) is 2. The highest BCUT2D eigenvalue weighted by atomic mass is 15.1. The van der Waals surface area contributed by atoms with Crippen molar-refractivity contribution in [3.63, 3.8) is 0 Å². The fourth-order valence-corrected chi connectivity index (χ4v) is 2.52. The van der Waals surface area contributed by atoms with Crippen molar-refractivity contribution >= 4 is 0 Å². The molecule has 1 aromatic heterocycles. The summed E-state index contributed by atoms with van der Waals surface area (Å²) in [5, 5.41) is 10.9. The van der Waals surface area contributed by atoms with E-state index in [1.165, 1.54) is 30.4 Å². The lowest BCUT2D eigenvalue weighted by atomic mass is 10.0. The molecule has 3 heteroatoms. The Morgan fingerprint density at radius 3 is 2.57 bits per heavy atom. The summed E-state index contributed by atoms with van der Waals surface area (Å²) in [6, 6.07) is 10.9. The van der Waals surface area contributed by atoms with Crippen molar-refractivity contribution in [2.45, 2.75) is 52.6 Å². The fraction of sp³-hybridized carbons (Fsp3) is 0.500. The van der Waals surface area contributed by atoms with E-state index in [9.17, 15) is 0 Å². The number of rotatable bonds is 8. The zero-order valence-corrected chi connectivity index (χ0v) is 13.4. The summed E-state index contributed by atoms with van der Waals surface area (Å²) in [7, 11) is 0. The van der Waals surface area contributed by atoms with Gasteiger partial charge in [-0.1, -0.05) is 57.0 Å². The summed E-state index contributed by atoms with van der Waals surface area (Å²) in [6.45, 7) is 7.71. The van der Waals surface area contributed by atoms with Crippen LogP contribution in [0.1, 0.15) is 45.6 Å². The third-order valence-corrected chi connectivity index (χ3v) is 3.84. The second kappa shape index (κ2) is 7.99. The van der Waals surface area contributed by atoms with Gasteiger partial charge in [-0.3, -0.25) is 5.10 Å². The zero-order chi connectivity index (χ0) is 15.1. The predicted molar refractivity (Wildman–Crippen MR) is 89.0 cm³/mol. The van der Waals surface area contributed by atoms with Gasteiger partial charge in [0.05, 0.1) is 11.9 Å². The van der Waals surface area contributed by atoms with Gasteiger partial charge in [0.1, 0.15) is 0 Å². The van der Waals surface area contributed by atoms with Crippen LogP contribution in [0.25, 0.3) is 11.3 Å². The number of nitrogens with zero attached hydrogens (tertiary/aromatic N) is 1. The minimum atomic E-state index is 0.544. The maximum Gasteiger partial charge on any atom is 0.0695 e. The smallest absolute Gasteiger partial charge is 0.0695 e. The first-order valence-corrected chi connectivity index (χ1v) is 7.98. The summed E-state index contributed by atoms with van der Waals surface area (Å²) in [5.74, 6) is 0.802. The number of aromatic nitrogens is 2. The van der Waals surface area contributed by atoms with Crippen molar-refractivity contribution in [2.75, 3.05) is 0 Å². The highest BCUT2D eigenvalue weighted by Crippen LogP contribution is 2.20.